The van der Waals surface area contributed by atoms with Crippen LogP contribution in [0.1, 0.15) is 39.5 Å². The Labute approximate surface area is 124 Å². The molecule has 0 saturated heterocycles. The molecule has 0 atom stereocenters. The maximum atomic E-state index is 8.07. The van der Waals surface area contributed by atoms with Gasteiger partial charge in [0.15, 0.2) is 0 Å². The van der Waals surface area contributed by atoms with E-state index in [1.165, 1.54) is 0 Å². The smallest absolute Gasteiger partial charge is 0.172 e. The Morgan fingerprint density at radius 3 is 1.35 bits per heavy atom. The van der Waals surface area contributed by atoms with Crippen LogP contribution in [-0.2, 0) is 18.3 Å². The molecule has 0 amide bonds. The monoisotopic (exact) mass is 340 g/mol. The second-order valence-corrected chi connectivity index (χ2v) is 3.12. The number of rotatable bonds is 4. The zero-order chi connectivity index (χ0) is 13.8. The summed E-state index contributed by atoms with van der Waals surface area (Å²) in [6.07, 6.45) is 4.08. The van der Waals surface area contributed by atoms with Crippen LogP contribution < -0.4 is 0 Å². The van der Waals surface area contributed by atoms with Gasteiger partial charge >= 0.3 is 31.5 Å². The third-order valence-electron chi connectivity index (χ3n) is 1.58. The van der Waals surface area contributed by atoms with Gasteiger partial charge in [0, 0.05) is 13.2 Å². The van der Waals surface area contributed by atoms with Crippen molar-refractivity contribution >= 4 is 13.2 Å². The number of aliphatic hydroxyl groups excluding tert-OH is 2. The van der Waals surface area contributed by atoms with Gasteiger partial charge in [0.2, 0.25) is 0 Å². The van der Waals surface area contributed by atoms with E-state index < -0.39 is 0 Å². The van der Waals surface area contributed by atoms with Gasteiger partial charge in [-0.3, -0.25) is 0 Å². The van der Waals surface area contributed by atoms with E-state index in [2.05, 4.69) is 27.0 Å². The maximum Gasteiger partial charge on any atom is -0.172 e. The van der Waals surface area contributed by atoms with E-state index in [4.69, 9.17) is 10.2 Å². The molecule has 0 heterocycles. The molecule has 0 aliphatic heterocycles. The minimum Gasteiger partial charge on any atom is -0.214 e. The number of unbranched alkanes of at least 4 members (excludes halogenated alkanes) is 2. The van der Waals surface area contributed by atoms with E-state index in [1.807, 2.05) is 48.7 Å². The van der Waals surface area contributed by atoms with E-state index in [0.717, 1.165) is 25.7 Å². The first-order chi connectivity index (χ1) is 8.33. The number of aliphatic hydroxyl groups is 2. The Morgan fingerprint density at radius 2 is 1.29 bits per heavy atom. The standard InChI is InChI=1S/C5H5.2C4H10O.BrH.Ti/c1-2-4-5-3-1;2*1-2-3-4-5;;/h1-5H;2*5H,2-4H2,1H3;1H;/q-1;;;;+2/p-1. The molecule has 0 fully saturated rings. The van der Waals surface area contributed by atoms with Crippen molar-refractivity contribution in [2.45, 2.75) is 39.5 Å². The average molecular weight is 341 g/mol. The molecular formula is C13H25BrO2Ti. The van der Waals surface area contributed by atoms with Crippen molar-refractivity contribution in [2.75, 3.05) is 13.2 Å². The Hall–Kier alpha value is 0.464. The molecule has 2 N–H and O–H groups in total. The van der Waals surface area contributed by atoms with Crippen molar-refractivity contribution in [1.82, 2.24) is 0 Å². The van der Waals surface area contributed by atoms with E-state index in [0.29, 0.717) is 13.2 Å². The van der Waals surface area contributed by atoms with Gasteiger partial charge in [0.25, 0.3) is 0 Å². The first-order valence-electron chi connectivity index (χ1n) is 5.90. The van der Waals surface area contributed by atoms with Crippen molar-refractivity contribution in [3.8, 4) is 0 Å². The first kappa shape index (κ1) is 22.6. The van der Waals surface area contributed by atoms with Gasteiger partial charge in [-0.2, -0.15) is 18.2 Å². The van der Waals surface area contributed by atoms with E-state index in [-0.39, 0.29) is 0 Å². The minimum atomic E-state index is 0.344. The Kier molecular flexibility index (Phi) is 39.9. The molecule has 1 aromatic carbocycles. The zero-order valence-corrected chi connectivity index (χ0v) is 14.0. The third-order valence-corrected chi connectivity index (χ3v) is 1.58. The molecule has 0 aliphatic rings. The molecule has 0 spiro atoms. The SMILES string of the molecule is CCCCO.CCCCO.[Ti+][Br].c1cc[cH-]c1. The van der Waals surface area contributed by atoms with E-state index in [9.17, 15) is 0 Å². The van der Waals surface area contributed by atoms with E-state index >= 15 is 0 Å². The van der Waals surface area contributed by atoms with Gasteiger partial charge in [0.1, 0.15) is 0 Å². The quantitative estimate of drug-likeness (QED) is 0.646. The summed E-state index contributed by atoms with van der Waals surface area (Å²) in [6, 6.07) is 10.0. The van der Waals surface area contributed by atoms with Crippen molar-refractivity contribution in [2.24, 2.45) is 0 Å². The predicted molar refractivity (Wildman–Crippen MR) is 74.9 cm³/mol. The Bertz CT molecular complexity index is 131. The molecule has 0 unspecified atom stereocenters. The van der Waals surface area contributed by atoms with Gasteiger partial charge in [-0.05, 0) is 12.8 Å². The third kappa shape index (κ3) is 38.5. The van der Waals surface area contributed by atoms with Crippen LogP contribution in [-0.4, -0.2) is 23.4 Å². The Balaban J connectivity index is -0.000000161. The number of hydrogen-bond donors (Lipinski definition) is 2. The van der Waals surface area contributed by atoms with Gasteiger partial charge in [-0.1, -0.05) is 26.7 Å². The van der Waals surface area contributed by atoms with Crippen molar-refractivity contribution in [3.63, 3.8) is 0 Å². The molecular weight excluding hydrogens is 316 g/mol. The topological polar surface area (TPSA) is 40.5 Å². The summed E-state index contributed by atoms with van der Waals surface area (Å²) in [7, 11) is 0. The molecule has 100 valence electrons. The zero-order valence-electron chi connectivity index (χ0n) is 10.9. The summed E-state index contributed by atoms with van der Waals surface area (Å²) < 4.78 is 0. The van der Waals surface area contributed by atoms with Crippen molar-refractivity contribution in [1.29, 1.82) is 0 Å². The Morgan fingerprint density at radius 1 is 0.941 bits per heavy atom. The second-order valence-electron chi connectivity index (χ2n) is 3.12. The van der Waals surface area contributed by atoms with Crippen molar-refractivity contribution < 1.29 is 28.6 Å². The van der Waals surface area contributed by atoms with Gasteiger partial charge in [-0.25, -0.2) is 12.1 Å². The average Bonchev–Trinajstić information content (AvgIpc) is 2.93. The largest absolute Gasteiger partial charge is 0.214 e. The van der Waals surface area contributed by atoms with E-state index in [1.54, 1.807) is 0 Å². The molecule has 2 nitrogen and oxygen atoms in total. The summed E-state index contributed by atoms with van der Waals surface area (Å²) in [5.74, 6) is 0. The molecule has 0 aliphatic carbocycles. The molecule has 4 heteroatoms. The van der Waals surface area contributed by atoms with Crippen LogP contribution in [0.2, 0.25) is 0 Å². The fourth-order valence-corrected chi connectivity index (χ4v) is 0.637. The van der Waals surface area contributed by atoms with Crippen LogP contribution in [0.5, 0.6) is 0 Å². The molecule has 0 aromatic heterocycles. The summed E-state index contributed by atoms with van der Waals surface area (Å²) in [5.41, 5.74) is 0. The molecule has 1 rings (SSSR count). The van der Waals surface area contributed by atoms with Gasteiger partial charge in [0.05, 0.1) is 0 Å². The van der Waals surface area contributed by atoms with Gasteiger partial charge in [-0.15, -0.1) is 0 Å². The fourth-order valence-electron chi connectivity index (χ4n) is 0.637. The summed E-state index contributed by atoms with van der Waals surface area (Å²) in [6.45, 7) is 4.79. The predicted octanol–water partition coefficient (Wildman–Crippen LogP) is 3.81. The van der Waals surface area contributed by atoms with Crippen LogP contribution in [0.25, 0.3) is 0 Å². The number of hydrogen-bond acceptors (Lipinski definition) is 2. The first-order valence-corrected chi connectivity index (χ1v) is 9.76. The van der Waals surface area contributed by atoms with Crippen LogP contribution in [0, 0.1) is 0 Å². The van der Waals surface area contributed by atoms with Crippen LogP contribution >= 0.6 is 13.2 Å². The molecule has 17 heavy (non-hydrogen) atoms. The fraction of sp³-hybridized carbons (Fsp3) is 0.615. The molecule has 0 saturated carbocycles. The minimum absolute atomic E-state index is 0.344. The maximum absolute atomic E-state index is 8.07. The second kappa shape index (κ2) is 30.0. The van der Waals surface area contributed by atoms with Crippen LogP contribution in [0.15, 0.2) is 30.3 Å². The number of halogens is 1. The summed E-state index contributed by atoms with van der Waals surface area (Å²) >= 11 is 4.75. The van der Waals surface area contributed by atoms with Crippen LogP contribution in [0.3, 0.4) is 0 Å². The normalized spacial score (nSPS) is 7.53. The molecule has 0 bridgehead atoms. The van der Waals surface area contributed by atoms with Crippen molar-refractivity contribution in [3.05, 3.63) is 30.3 Å². The molecule has 1 aromatic rings. The summed E-state index contributed by atoms with van der Waals surface area (Å²) in [4.78, 5) is 0. The van der Waals surface area contributed by atoms with Gasteiger partial charge < -0.3 is 10.2 Å². The molecule has 0 radical (unpaired) electrons. The summed E-state index contributed by atoms with van der Waals surface area (Å²) in [5, 5.41) is 16.1. The van der Waals surface area contributed by atoms with Crippen LogP contribution in [0.4, 0.5) is 0 Å².